The zero-order chi connectivity index (χ0) is 32.1. The van der Waals surface area contributed by atoms with Gasteiger partial charge in [0.1, 0.15) is 24.2 Å². The predicted octanol–water partition coefficient (Wildman–Crippen LogP) is 0.918. The molecule has 1 saturated heterocycles. The Morgan fingerprint density at radius 1 is 0.930 bits per heavy atom. The first-order chi connectivity index (χ1) is 20.3. The molecular weight excluding hydrogens is 552 g/mol. The number of rotatable bonds is 17. The Labute approximate surface area is 254 Å². The van der Waals surface area contributed by atoms with Crippen LogP contribution in [0, 0.1) is 11.8 Å². The summed E-state index contributed by atoms with van der Waals surface area (Å²) in [6.07, 6.45) is 2.86. The standard InChI is InChI=1S/C31H50N6O6/c1-19(2)17-23(27(38)34-22(31(42)43)13-8-9-15-32)35-28(39)24(18-21-11-6-5-7-12-21)36-29(40)25-14-10-16-37(25)30(41)26(33)20(3)4/h5-7,11-12,19-20,22-26H,8-10,13-18,32-33H2,1-4H3,(H,34,38)(H,35,39)(H,36,40)(H,42,43)/t22-,23-,24-,25-,26-/m0/s1. The third-order valence-corrected chi connectivity index (χ3v) is 7.66. The summed E-state index contributed by atoms with van der Waals surface area (Å²) in [4.78, 5) is 66.8. The van der Waals surface area contributed by atoms with Crippen LogP contribution in [0.4, 0.5) is 0 Å². The fourth-order valence-corrected chi connectivity index (χ4v) is 5.10. The number of carboxylic acids is 1. The first kappa shape index (κ1) is 35.7. The molecule has 0 saturated carbocycles. The van der Waals surface area contributed by atoms with Gasteiger partial charge in [-0.15, -0.1) is 0 Å². The number of carbonyl (C=O) groups is 5. The average Bonchev–Trinajstić information content (AvgIpc) is 3.45. The summed E-state index contributed by atoms with van der Waals surface area (Å²) in [6.45, 7) is 8.28. The van der Waals surface area contributed by atoms with Gasteiger partial charge in [0.15, 0.2) is 0 Å². The lowest BCUT2D eigenvalue weighted by Crippen LogP contribution is -2.59. The van der Waals surface area contributed by atoms with E-state index in [0.717, 1.165) is 5.56 Å². The molecular formula is C31H50N6O6. The fourth-order valence-electron chi connectivity index (χ4n) is 5.10. The summed E-state index contributed by atoms with van der Waals surface area (Å²) < 4.78 is 0. The van der Waals surface area contributed by atoms with E-state index in [1.54, 1.807) is 0 Å². The highest BCUT2D eigenvalue weighted by molar-refractivity contribution is 5.95. The summed E-state index contributed by atoms with van der Waals surface area (Å²) in [5.41, 5.74) is 12.4. The number of amides is 4. The lowest BCUT2D eigenvalue weighted by molar-refractivity contribution is -0.142. The third kappa shape index (κ3) is 11.3. The Morgan fingerprint density at radius 2 is 1.56 bits per heavy atom. The molecule has 1 fully saturated rings. The number of benzene rings is 1. The van der Waals surface area contributed by atoms with Gasteiger partial charge in [0.2, 0.25) is 23.6 Å². The molecule has 4 amide bonds. The number of unbranched alkanes of at least 4 members (excludes halogenated alkanes) is 1. The molecule has 12 heteroatoms. The molecule has 5 atom stereocenters. The van der Waals surface area contributed by atoms with Crippen LogP contribution in [0.1, 0.15) is 71.8 Å². The Kier molecular flexibility index (Phi) is 14.6. The van der Waals surface area contributed by atoms with Crippen LogP contribution in [0.3, 0.4) is 0 Å². The molecule has 0 aliphatic carbocycles. The minimum Gasteiger partial charge on any atom is -0.480 e. The molecule has 0 bridgehead atoms. The van der Waals surface area contributed by atoms with E-state index in [1.165, 1.54) is 4.90 Å². The molecule has 240 valence electrons. The smallest absolute Gasteiger partial charge is 0.326 e. The van der Waals surface area contributed by atoms with Gasteiger partial charge >= 0.3 is 5.97 Å². The predicted molar refractivity (Wildman–Crippen MR) is 163 cm³/mol. The van der Waals surface area contributed by atoms with E-state index >= 15 is 0 Å². The lowest BCUT2D eigenvalue weighted by atomic mass is 10.00. The highest BCUT2D eigenvalue weighted by Gasteiger charge is 2.38. The second kappa shape index (κ2) is 17.6. The summed E-state index contributed by atoms with van der Waals surface area (Å²) in [6, 6.07) is 4.46. The van der Waals surface area contributed by atoms with Crippen molar-refractivity contribution in [3.63, 3.8) is 0 Å². The Hall–Kier alpha value is -3.51. The molecule has 8 N–H and O–H groups in total. The van der Waals surface area contributed by atoms with E-state index < -0.39 is 53.9 Å². The van der Waals surface area contributed by atoms with Crippen LogP contribution >= 0.6 is 0 Å². The highest BCUT2D eigenvalue weighted by Crippen LogP contribution is 2.20. The summed E-state index contributed by atoms with van der Waals surface area (Å²) in [5, 5.41) is 17.8. The number of aliphatic carboxylic acids is 1. The second-order valence-electron chi connectivity index (χ2n) is 12.1. The minimum absolute atomic E-state index is 0.00181. The maximum atomic E-state index is 13.7. The Bertz CT molecular complexity index is 1080. The summed E-state index contributed by atoms with van der Waals surface area (Å²) >= 11 is 0. The maximum Gasteiger partial charge on any atom is 0.326 e. The van der Waals surface area contributed by atoms with Crippen LogP contribution in [0.15, 0.2) is 30.3 Å². The molecule has 2 rings (SSSR count). The van der Waals surface area contributed by atoms with Crippen LogP contribution in [-0.2, 0) is 30.4 Å². The normalized spacial score (nSPS) is 17.7. The summed E-state index contributed by atoms with van der Waals surface area (Å²) in [5.74, 6) is -3.22. The van der Waals surface area contributed by atoms with Crippen molar-refractivity contribution in [1.82, 2.24) is 20.9 Å². The van der Waals surface area contributed by atoms with Crippen molar-refractivity contribution < 1.29 is 29.1 Å². The van der Waals surface area contributed by atoms with Crippen LogP contribution in [0.5, 0.6) is 0 Å². The number of carboxylic acid groups (broad SMARTS) is 1. The number of hydrogen-bond acceptors (Lipinski definition) is 7. The quantitative estimate of drug-likeness (QED) is 0.141. The van der Waals surface area contributed by atoms with Crippen molar-refractivity contribution in [2.24, 2.45) is 23.3 Å². The molecule has 1 aliphatic heterocycles. The highest BCUT2D eigenvalue weighted by atomic mass is 16.4. The van der Waals surface area contributed by atoms with Gasteiger partial charge in [-0.3, -0.25) is 19.2 Å². The van der Waals surface area contributed by atoms with E-state index in [0.29, 0.717) is 38.8 Å². The van der Waals surface area contributed by atoms with Crippen molar-refractivity contribution in [2.45, 2.75) is 103 Å². The molecule has 12 nitrogen and oxygen atoms in total. The van der Waals surface area contributed by atoms with Crippen LogP contribution < -0.4 is 27.4 Å². The average molecular weight is 603 g/mol. The largest absolute Gasteiger partial charge is 0.480 e. The monoisotopic (exact) mass is 602 g/mol. The number of hydrogen-bond donors (Lipinski definition) is 6. The topological polar surface area (TPSA) is 197 Å². The zero-order valence-corrected chi connectivity index (χ0v) is 25.9. The SMILES string of the molecule is CC(C)C[C@H](NC(=O)[C@H](Cc1ccccc1)NC(=O)[C@@H]1CCCN1C(=O)[C@@H](N)C(C)C)C(=O)N[C@@H](CCCCN)C(=O)O. The molecule has 1 aliphatic rings. The van der Waals surface area contributed by atoms with Gasteiger partial charge in [-0.1, -0.05) is 58.0 Å². The van der Waals surface area contributed by atoms with Gasteiger partial charge in [-0.25, -0.2) is 4.79 Å². The third-order valence-electron chi connectivity index (χ3n) is 7.66. The van der Waals surface area contributed by atoms with Gasteiger partial charge in [-0.05, 0) is 62.5 Å². The van der Waals surface area contributed by atoms with Crippen molar-refractivity contribution in [2.75, 3.05) is 13.1 Å². The molecule has 43 heavy (non-hydrogen) atoms. The van der Waals surface area contributed by atoms with Gasteiger partial charge in [-0.2, -0.15) is 0 Å². The molecule has 1 heterocycles. The molecule has 0 radical (unpaired) electrons. The van der Waals surface area contributed by atoms with Gasteiger partial charge in [0.25, 0.3) is 0 Å². The number of nitrogens with two attached hydrogens (primary N) is 2. The molecule has 1 aromatic carbocycles. The number of likely N-dealkylation sites (tertiary alicyclic amines) is 1. The number of carbonyl (C=O) groups excluding carboxylic acids is 4. The lowest BCUT2D eigenvalue weighted by Gasteiger charge is -2.30. The minimum atomic E-state index is -1.16. The Balaban J connectivity index is 2.25. The van der Waals surface area contributed by atoms with Crippen LogP contribution in [0.25, 0.3) is 0 Å². The molecule has 0 aromatic heterocycles. The van der Waals surface area contributed by atoms with Crippen molar-refractivity contribution in [1.29, 1.82) is 0 Å². The van der Waals surface area contributed by atoms with Crippen molar-refractivity contribution in [3.05, 3.63) is 35.9 Å². The second-order valence-corrected chi connectivity index (χ2v) is 12.1. The first-order valence-corrected chi connectivity index (χ1v) is 15.3. The zero-order valence-electron chi connectivity index (χ0n) is 25.9. The van der Waals surface area contributed by atoms with Crippen molar-refractivity contribution >= 4 is 29.6 Å². The van der Waals surface area contributed by atoms with E-state index in [1.807, 2.05) is 58.0 Å². The van der Waals surface area contributed by atoms with Crippen molar-refractivity contribution in [3.8, 4) is 0 Å². The maximum absolute atomic E-state index is 13.7. The van der Waals surface area contributed by atoms with E-state index in [4.69, 9.17) is 11.5 Å². The van der Waals surface area contributed by atoms with Gasteiger partial charge in [0.05, 0.1) is 6.04 Å². The van der Waals surface area contributed by atoms with Crippen LogP contribution in [-0.4, -0.2) is 82.9 Å². The summed E-state index contributed by atoms with van der Waals surface area (Å²) in [7, 11) is 0. The molecule has 1 aromatic rings. The van der Waals surface area contributed by atoms with Crippen LogP contribution in [0.2, 0.25) is 0 Å². The van der Waals surface area contributed by atoms with E-state index in [2.05, 4.69) is 16.0 Å². The number of nitrogens with zero attached hydrogens (tertiary/aromatic N) is 1. The van der Waals surface area contributed by atoms with E-state index in [-0.39, 0.29) is 37.0 Å². The first-order valence-electron chi connectivity index (χ1n) is 15.3. The van der Waals surface area contributed by atoms with Gasteiger partial charge < -0.3 is 37.4 Å². The van der Waals surface area contributed by atoms with E-state index in [9.17, 15) is 29.1 Å². The molecule has 0 unspecified atom stereocenters. The Morgan fingerprint density at radius 3 is 2.14 bits per heavy atom. The van der Waals surface area contributed by atoms with Gasteiger partial charge in [0, 0.05) is 13.0 Å². The molecule has 0 spiro atoms. The number of nitrogens with one attached hydrogen (secondary N) is 3. The fraction of sp³-hybridized carbons (Fsp3) is 0.645.